The number of hydrogen-bond donors (Lipinski definition) is 0. The number of aryl methyl sites for hydroxylation is 1. The van der Waals surface area contributed by atoms with Crippen LogP contribution >= 0.6 is 0 Å². The zero-order chi connectivity index (χ0) is 20.1. The Morgan fingerprint density at radius 2 is 1.96 bits per heavy atom. The molecule has 1 unspecified atom stereocenters. The molecule has 0 amide bonds. The van der Waals surface area contributed by atoms with Gasteiger partial charge in [-0.05, 0) is 37.0 Å². The summed E-state index contributed by atoms with van der Waals surface area (Å²) in [5.74, 6) is -1.84. The van der Waals surface area contributed by atoms with E-state index < -0.39 is 34.6 Å². The summed E-state index contributed by atoms with van der Waals surface area (Å²) in [5.41, 5.74) is -0.850. The minimum absolute atomic E-state index is 0.0775. The predicted octanol–water partition coefficient (Wildman–Crippen LogP) is 2.23. The lowest BCUT2D eigenvalue weighted by atomic mass is 10.2. The standard InChI is InChI=1S/C16H18F4N4O2S/c1-9-6-11(17)12(7-13(9)27(26)8-16(18,19)20)23-15(25)24(22(2)3)14(21-23)10-4-5-10/h6-7,10H,4-5,8H2,1-3H3. The number of nitrogens with zero attached hydrogens (tertiary/aromatic N) is 4. The van der Waals surface area contributed by atoms with Crippen LogP contribution in [0.5, 0.6) is 0 Å². The number of rotatable bonds is 5. The number of alkyl halides is 3. The topological polar surface area (TPSA) is 66.1 Å². The first kappa shape index (κ1) is 19.7. The molecule has 0 bridgehead atoms. The zero-order valence-electron chi connectivity index (χ0n) is 14.9. The van der Waals surface area contributed by atoms with Gasteiger partial charge in [-0.25, -0.2) is 9.18 Å². The molecule has 148 valence electrons. The summed E-state index contributed by atoms with van der Waals surface area (Å²) in [6.45, 7) is 1.37. The van der Waals surface area contributed by atoms with E-state index in [-0.39, 0.29) is 22.1 Å². The average Bonchev–Trinajstić information content (AvgIpc) is 3.29. The number of halogens is 4. The summed E-state index contributed by atoms with van der Waals surface area (Å²) in [5, 5.41) is 5.70. The van der Waals surface area contributed by atoms with Crippen LogP contribution in [0.2, 0.25) is 0 Å². The van der Waals surface area contributed by atoms with E-state index in [1.54, 1.807) is 14.1 Å². The smallest absolute Gasteiger partial charge is 0.433 e. The predicted molar refractivity (Wildman–Crippen MR) is 91.9 cm³/mol. The molecule has 27 heavy (non-hydrogen) atoms. The third kappa shape index (κ3) is 3.98. The fourth-order valence-corrected chi connectivity index (χ4v) is 3.89. The maximum absolute atomic E-state index is 14.5. The van der Waals surface area contributed by atoms with Crippen LogP contribution in [0.3, 0.4) is 0 Å². The molecule has 3 rings (SSSR count). The van der Waals surface area contributed by atoms with Crippen molar-refractivity contribution in [3.63, 3.8) is 0 Å². The van der Waals surface area contributed by atoms with Crippen molar-refractivity contribution in [2.75, 3.05) is 24.9 Å². The quantitative estimate of drug-likeness (QED) is 0.564. The summed E-state index contributed by atoms with van der Waals surface area (Å²) in [6.07, 6.45) is -2.93. The molecule has 1 aromatic heterocycles. The summed E-state index contributed by atoms with van der Waals surface area (Å²) in [6, 6.07) is 1.98. The molecule has 11 heteroatoms. The lowest BCUT2D eigenvalue weighted by Crippen LogP contribution is -2.37. The van der Waals surface area contributed by atoms with E-state index in [0.717, 1.165) is 29.7 Å². The van der Waals surface area contributed by atoms with Crippen molar-refractivity contribution in [1.82, 2.24) is 14.5 Å². The highest BCUT2D eigenvalue weighted by molar-refractivity contribution is 7.91. The van der Waals surface area contributed by atoms with Crippen LogP contribution < -0.4 is 10.7 Å². The van der Waals surface area contributed by atoms with Gasteiger partial charge in [0.15, 0.2) is 10.7 Å². The first-order valence-electron chi connectivity index (χ1n) is 8.15. The molecule has 0 N–H and O–H groups in total. The number of aromatic nitrogens is 3. The lowest BCUT2D eigenvalue weighted by molar-refractivity contribution is -0.106. The van der Waals surface area contributed by atoms with Crippen molar-refractivity contribution in [1.29, 1.82) is 0 Å². The molecule has 1 saturated carbocycles. The Balaban J connectivity index is 2.11. The molecular formula is C16H18F4N4O2S. The van der Waals surface area contributed by atoms with Crippen LogP contribution in [-0.2, 0) is 11.2 Å². The highest BCUT2D eigenvalue weighted by Gasteiger charge is 2.37. The van der Waals surface area contributed by atoms with Gasteiger partial charge in [-0.15, -0.1) is 5.10 Å². The third-order valence-electron chi connectivity index (χ3n) is 4.14. The van der Waals surface area contributed by atoms with Crippen LogP contribution in [0.15, 0.2) is 21.8 Å². The van der Waals surface area contributed by atoms with Gasteiger partial charge in [-0.2, -0.15) is 22.5 Å². The Hall–Kier alpha value is -2.01. The van der Waals surface area contributed by atoms with E-state index in [4.69, 9.17) is 0 Å². The highest BCUT2D eigenvalue weighted by Crippen LogP contribution is 2.38. The lowest BCUT2D eigenvalue weighted by Gasteiger charge is -2.15. The summed E-state index contributed by atoms with van der Waals surface area (Å²) >= 11 is -2.42. The van der Waals surface area contributed by atoms with Gasteiger partial charge in [0, 0.05) is 31.6 Å². The summed E-state index contributed by atoms with van der Waals surface area (Å²) in [4.78, 5) is 12.5. The second-order valence-corrected chi connectivity index (χ2v) is 8.08. The van der Waals surface area contributed by atoms with Gasteiger partial charge in [0.05, 0.1) is 0 Å². The van der Waals surface area contributed by atoms with Gasteiger partial charge in [0.25, 0.3) is 0 Å². The molecule has 1 aliphatic rings. The molecule has 0 aliphatic heterocycles. The minimum atomic E-state index is -4.63. The second-order valence-electron chi connectivity index (χ2n) is 6.66. The van der Waals surface area contributed by atoms with E-state index in [1.165, 1.54) is 16.6 Å². The van der Waals surface area contributed by atoms with Gasteiger partial charge in [0.1, 0.15) is 11.5 Å². The minimum Gasteiger partial charge on any atom is -0.611 e. The maximum atomic E-state index is 14.5. The van der Waals surface area contributed by atoms with E-state index in [9.17, 15) is 26.9 Å². The van der Waals surface area contributed by atoms with Crippen molar-refractivity contribution in [3.8, 4) is 5.69 Å². The molecule has 1 heterocycles. The Morgan fingerprint density at radius 3 is 2.48 bits per heavy atom. The molecule has 2 aromatic rings. The van der Waals surface area contributed by atoms with E-state index in [0.29, 0.717) is 5.82 Å². The van der Waals surface area contributed by atoms with Crippen LogP contribution in [0.1, 0.15) is 30.1 Å². The Labute approximate surface area is 155 Å². The SMILES string of the molecule is Cc1cc(F)c(-n2nc(C3CC3)n(N(C)C)c2=O)cc1[S+]([O-])CC(F)(F)F. The summed E-state index contributed by atoms with van der Waals surface area (Å²) < 4.78 is 66.5. The Bertz CT molecular complexity index is 918. The van der Waals surface area contributed by atoms with E-state index in [2.05, 4.69) is 5.10 Å². The monoisotopic (exact) mass is 406 g/mol. The van der Waals surface area contributed by atoms with Gasteiger partial charge in [-0.3, -0.25) is 0 Å². The molecule has 1 atom stereocenters. The van der Waals surface area contributed by atoms with Crippen molar-refractivity contribution < 1.29 is 22.1 Å². The Morgan fingerprint density at radius 1 is 1.33 bits per heavy atom. The van der Waals surface area contributed by atoms with Crippen LogP contribution in [-0.4, -0.2) is 45.0 Å². The fourth-order valence-electron chi connectivity index (χ4n) is 2.78. The second kappa shape index (κ2) is 6.86. The molecule has 1 aliphatic carbocycles. The molecule has 1 aromatic carbocycles. The fraction of sp³-hybridized carbons (Fsp3) is 0.500. The van der Waals surface area contributed by atoms with Crippen LogP contribution in [0, 0.1) is 12.7 Å². The average molecular weight is 406 g/mol. The molecular weight excluding hydrogens is 388 g/mol. The van der Waals surface area contributed by atoms with Crippen molar-refractivity contribution >= 4 is 11.2 Å². The molecule has 0 radical (unpaired) electrons. The third-order valence-corrected chi connectivity index (χ3v) is 5.66. The van der Waals surface area contributed by atoms with Gasteiger partial charge < -0.3 is 9.56 Å². The first-order valence-corrected chi connectivity index (χ1v) is 9.46. The first-order chi connectivity index (χ1) is 12.5. The maximum Gasteiger partial charge on any atom is 0.433 e. The Kier molecular flexibility index (Phi) is 5.02. The van der Waals surface area contributed by atoms with Gasteiger partial charge in [0.2, 0.25) is 5.75 Å². The normalized spacial score (nSPS) is 15.9. The van der Waals surface area contributed by atoms with Crippen molar-refractivity contribution in [3.05, 3.63) is 39.8 Å². The van der Waals surface area contributed by atoms with Crippen molar-refractivity contribution in [2.24, 2.45) is 0 Å². The van der Waals surface area contributed by atoms with Crippen LogP contribution in [0.25, 0.3) is 5.69 Å². The van der Waals surface area contributed by atoms with Crippen LogP contribution in [0.4, 0.5) is 17.6 Å². The number of hydrogen-bond acceptors (Lipinski definition) is 4. The van der Waals surface area contributed by atoms with E-state index >= 15 is 0 Å². The van der Waals surface area contributed by atoms with E-state index in [1.807, 2.05) is 0 Å². The molecule has 0 spiro atoms. The molecule has 6 nitrogen and oxygen atoms in total. The molecule has 0 saturated heterocycles. The van der Waals surface area contributed by atoms with Crippen molar-refractivity contribution in [2.45, 2.75) is 36.8 Å². The summed E-state index contributed by atoms with van der Waals surface area (Å²) in [7, 11) is 3.27. The van der Waals surface area contributed by atoms with Gasteiger partial charge in [-0.1, -0.05) is 0 Å². The largest absolute Gasteiger partial charge is 0.611 e. The number of benzene rings is 1. The highest BCUT2D eigenvalue weighted by atomic mass is 32.2. The van der Waals surface area contributed by atoms with Gasteiger partial charge >= 0.3 is 11.9 Å². The molecule has 1 fully saturated rings. The zero-order valence-corrected chi connectivity index (χ0v) is 15.7.